The lowest BCUT2D eigenvalue weighted by molar-refractivity contribution is 0.385. The van der Waals surface area contributed by atoms with Crippen molar-refractivity contribution in [1.82, 2.24) is 5.32 Å². The van der Waals surface area contributed by atoms with E-state index in [0.717, 1.165) is 16.7 Å². The third kappa shape index (κ3) is 3.45. The van der Waals surface area contributed by atoms with Gasteiger partial charge in [-0.15, -0.1) is 0 Å². The molecule has 1 saturated carbocycles. The van der Waals surface area contributed by atoms with E-state index in [9.17, 15) is 0 Å². The molecule has 1 aliphatic rings. The summed E-state index contributed by atoms with van der Waals surface area (Å²) in [5.41, 5.74) is 2.51. The Balaban J connectivity index is 1.80. The van der Waals surface area contributed by atoms with Gasteiger partial charge in [0.2, 0.25) is 0 Å². The van der Waals surface area contributed by atoms with Gasteiger partial charge in [0.25, 0.3) is 0 Å². The van der Waals surface area contributed by atoms with Crippen LogP contribution in [0.2, 0.25) is 5.02 Å². The summed E-state index contributed by atoms with van der Waals surface area (Å²) in [6.07, 6.45) is 2.58. The van der Waals surface area contributed by atoms with Crippen LogP contribution in [0.25, 0.3) is 0 Å². The van der Waals surface area contributed by atoms with Gasteiger partial charge in [-0.25, -0.2) is 0 Å². The van der Waals surface area contributed by atoms with Gasteiger partial charge in [-0.1, -0.05) is 41.9 Å². The van der Waals surface area contributed by atoms with Gasteiger partial charge in [0.1, 0.15) is 5.75 Å². The minimum absolute atomic E-state index is 0.234. The van der Waals surface area contributed by atoms with Crippen LogP contribution in [0.5, 0.6) is 5.75 Å². The van der Waals surface area contributed by atoms with Crippen LogP contribution in [0, 0.1) is 5.92 Å². The first-order chi connectivity index (χ1) is 10.7. The van der Waals surface area contributed by atoms with Crippen LogP contribution in [-0.2, 0) is 0 Å². The Morgan fingerprint density at radius 3 is 2.41 bits per heavy atom. The number of ether oxygens (including phenoxy) is 1. The quantitative estimate of drug-likeness (QED) is 0.796. The first-order valence-electron chi connectivity index (χ1n) is 7.83. The minimum Gasteiger partial charge on any atom is -0.496 e. The zero-order valence-corrected chi connectivity index (χ0v) is 13.8. The number of hydrogen-bond donors (Lipinski definition) is 1. The van der Waals surface area contributed by atoms with E-state index in [1.807, 2.05) is 24.3 Å². The van der Waals surface area contributed by atoms with E-state index < -0.39 is 0 Å². The Bertz CT molecular complexity index is 622. The highest BCUT2D eigenvalue weighted by molar-refractivity contribution is 6.30. The van der Waals surface area contributed by atoms with Crippen molar-refractivity contribution >= 4 is 11.6 Å². The van der Waals surface area contributed by atoms with Gasteiger partial charge in [-0.3, -0.25) is 0 Å². The SMILES string of the molecule is COc1ccccc1C(C)NC(c1ccc(Cl)cc1)C1CC1. The van der Waals surface area contributed by atoms with Crippen LogP contribution in [0.1, 0.15) is 43.0 Å². The summed E-state index contributed by atoms with van der Waals surface area (Å²) in [4.78, 5) is 0. The molecule has 0 spiro atoms. The minimum atomic E-state index is 0.234. The second kappa shape index (κ2) is 6.72. The molecule has 2 nitrogen and oxygen atoms in total. The summed E-state index contributed by atoms with van der Waals surface area (Å²) < 4.78 is 5.49. The average Bonchev–Trinajstić information content (AvgIpc) is 3.38. The summed E-state index contributed by atoms with van der Waals surface area (Å²) in [6, 6.07) is 17.0. The molecular weight excluding hydrogens is 294 g/mol. The van der Waals surface area contributed by atoms with Gasteiger partial charge in [0.15, 0.2) is 0 Å². The van der Waals surface area contributed by atoms with Gasteiger partial charge in [-0.05, 0) is 49.4 Å². The Morgan fingerprint density at radius 2 is 1.77 bits per heavy atom. The monoisotopic (exact) mass is 315 g/mol. The second-order valence-corrected chi connectivity index (χ2v) is 6.43. The van der Waals surface area contributed by atoms with E-state index >= 15 is 0 Å². The lowest BCUT2D eigenvalue weighted by atomic mass is 9.99. The van der Waals surface area contributed by atoms with Crippen molar-refractivity contribution in [2.75, 3.05) is 7.11 Å². The Morgan fingerprint density at radius 1 is 1.09 bits per heavy atom. The molecule has 2 atom stereocenters. The van der Waals surface area contributed by atoms with E-state index in [1.165, 1.54) is 24.0 Å². The number of rotatable bonds is 6. The normalized spacial score (nSPS) is 17.0. The molecule has 0 bridgehead atoms. The molecule has 1 N–H and O–H groups in total. The van der Waals surface area contributed by atoms with Crippen LogP contribution >= 0.6 is 11.6 Å². The van der Waals surface area contributed by atoms with Gasteiger partial charge >= 0.3 is 0 Å². The summed E-state index contributed by atoms with van der Waals surface area (Å²) in [5.74, 6) is 1.66. The first kappa shape index (κ1) is 15.4. The fraction of sp³-hybridized carbons (Fsp3) is 0.368. The van der Waals surface area contributed by atoms with Crippen molar-refractivity contribution in [3.63, 3.8) is 0 Å². The fourth-order valence-corrected chi connectivity index (χ4v) is 3.11. The molecule has 2 aromatic rings. The Labute approximate surface area is 137 Å². The van der Waals surface area contributed by atoms with Crippen LogP contribution in [0.4, 0.5) is 0 Å². The molecule has 116 valence electrons. The summed E-state index contributed by atoms with van der Waals surface area (Å²) in [7, 11) is 1.73. The molecule has 1 aliphatic carbocycles. The van der Waals surface area contributed by atoms with Crippen LogP contribution in [0.15, 0.2) is 48.5 Å². The number of hydrogen-bond acceptors (Lipinski definition) is 2. The molecule has 0 heterocycles. The molecule has 1 fully saturated rings. The van der Waals surface area contributed by atoms with Crippen molar-refractivity contribution < 1.29 is 4.74 Å². The molecule has 0 aliphatic heterocycles. The zero-order chi connectivity index (χ0) is 15.5. The Kier molecular flexibility index (Phi) is 4.70. The van der Waals surface area contributed by atoms with E-state index in [4.69, 9.17) is 16.3 Å². The smallest absolute Gasteiger partial charge is 0.123 e. The molecule has 2 aromatic carbocycles. The highest BCUT2D eigenvalue weighted by Gasteiger charge is 2.33. The number of methoxy groups -OCH3 is 1. The number of para-hydroxylation sites is 1. The van der Waals surface area contributed by atoms with Crippen molar-refractivity contribution in [3.05, 3.63) is 64.7 Å². The molecule has 0 saturated heterocycles. The molecule has 3 heteroatoms. The Hall–Kier alpha value is -1.51. The van der Waals surface area contributed by atoms with E-state index in [2.05, 4.69) is 36.5 Å². The standard InChI is InChI=1S/C19H22ClNO/c1-13(17-5-3-4-6-18(17)22-2)21-19(14-7-8-14)15-9-11-16(20)12-10-15/h3-6,9-14,19,21H,7-8H2,1-2H3. The summed E-state index contributed by atoms with van der Waals surface area (Å²) >= 11 is 6.02. The highest BCUT2D eigenvalue weighted by Crippen LogP contribution is 2.42. The molecule has 2 unspecified atom stereocenters. The maximum atomic E-state index is 6.02. The predicted octanol–water partition coefficient (Wildman–Crippen LogP) is 5.15. The van der Waals surface area contributed by atoms with Crippen LogP contribution < -0.4 is 10.1 Å². The molecular formula is C19H22ClNO. The second-order valence-electron chi connectivity index (χ2n) is 6.00. The molecule has 0 amide bonds. The topological polar surface area (TPSA) is 21.3 Å². The van der Waals surface area contributed by atoms with Crippen molar-refractivity contribution in [3.8, 4) is 5.75 Å². The largest absolute Gasteiger partial charge is 0.496 e. The lowest BCUT2D eigenvalue weighted by Crippen LogP contribution is -2.26. The van der Waals surface area contributed by atoms with E-state index in [0.29, 0.717) is 6.04 Å². The van der Waals surface area contributed by atoms with Crippen molar-refractivity contribution in [2.45, 2.75) is 31.8 Å². The van der Waals surface area contributed by atoms with E-state index in [-0.39, 0.29) is 6.04 Å². The average molecular weight is 316 g/mol. The maximum Gasteiger partial charge on any atom is 0.123 e. The highest BCUT2D eigenvalue weighted by atomic mass is 35.5. The molecule has 0 radical (unpaired) electrons. The molecule has 22 heavy (non-hydrogen) atoms. The number of benzene rings is 2. The first-order valence-corrected chi connectivity index (χ1v) is 8.21. The van der Waals surface area contributed by atoms with Gasteiger partial charge in [-0.2, -0.15) is 0 Å². The predicted molar refractivity (Wildman–Crippen MR) is 91.5 cm³/mol. The fourth-order valence-electron chi connectivity index (χ4n) is 2.99. The van der Waals surface area contributed by atoms with E-state index in [1.54, 1.807) is 7.11 Å². The van der Waals surface area contributed by atoms with Gasteiger partial charge in [0.05, 0.1) is 7.11 Å². The van der Waals surface area contributed by atoms with Gasteiger partial charge in [0, 0.05) is 22.7 Å². The third-order valence-electron chi connectivity index (χ3n) is 4.36. The van der Waals surface area contributed by atoms with Crippen LogP contribution in [-0.4, -0.2) is 7.11 Å². The number of nitrogens with one attached hydrogen (secondary N) is 1. The van der Waals surface area contributed by atoms with Gasteiger partial charge < -0.3 is 10.1 Å². The molecule has 0 aromatic heterocycles. The summed E-state index contributed by atoms with van der Waals surface area (Å²) in [5, 5.41) is 4.57. The number of halogens is 1. The van der Waals surface area contributed by atoms with Crippen molar-refractivity contribution in [2.24, 2.45) is 5.92 Å². The van der Waals surface area contributed by atoms with Crippen molar-refractivity contribution in [1.29, 1.82) is 0 Å². The summed E-state index contributed by atoms with van der Waals surface area (Å²) in [6.45, 7) is 2.20. The zero-order valence-electron chi connectivity index (χ0n) is 13.1. The maximum absolute atomic E-state index is 6.02. The third-order valence-corrected chi connectivity index (χ3v) is 4.61. The lowest BCUT2D eigenvalue weighted by Gasteiger charge is -2.25. The molecule has 3 rings (SSSR count). The van der Waals surface area contributed by atoms with Crippen LogP contribution in [0.3, 0.4) is 0 Å².